The average molecular weight is 511 g/mol. The van der Waals surface area contributed by atoms with Crippen LogP contribution in [0.3, 0.4) is 0 Å². The van der Waals surface area contributed by atoms with Crippen molar-refractivity contribution in [3.05, 3.63) is 28.2 Å². The van der Waals surface area contributed by atoms with Gasteiger partial charge in [0.2, 0.25) is 5.16 Å². The number of allylic oxidation sites excluding steroid dienone is 2. The normalized spacial score (nSPS) is 11.4. The molecule has 2 N–H and O–H groups in total. The molecular weight excluding hydrogens is 460 g/mol. The van der Waals surface area contributed by atoms with Crippen LogP contribution in [-0.2, 0) is 14.9 Å². The Morgan fingerprint density at radius 1 is 0.943 bits per heavy atom. The maximum absolute atomic E-state index is 11.7. The molecule has 0 aliphatic heterocycles. The number of nitrogen functional groups attached to an aromatic ring is 1. The number of carbonyl (C=O) groups is 1. The molecule has 0 atom stereocenters. The minimum atomic E-state index is -0.331. The fourth-order valence-corrected chi connectivity index (χ4v) is 3.84. The van der Waals surface area contributed by atoms with Gasteiger partial charge in [0.15, 0.2) is 0 Å². The van der Waals surface area contributed by atoms with Crippen molar-refractivity contribution >= 4 is 17.7 Å². The molecule has 8 heteroatoms. The lowest BCUT2D eigenvalue weighted by Gasteiger charge is -2.16. The molecule has 0 aliphatic rings. The molecule has 0 fully saturated rings. The molecule has 1 aromatic rings. The second-order valence-electron chi connectivity index (χ2n) is 9.87. The standard InChI is InChI=1S/C19H36O2.C8H14N4OS/c1-3-4-5-6-7-8-9-10-11-12-13-14-15-16-17-18-19(20)21-2;1-8(2,3)5-6(13)12(9)7(14-4)11-10-5/h10-11H,3-9,12-18H2,1-2H3;9H2,1-4H3/b11-10-;. The highest BCUT2D eigenvalue weighted by molar-refractivity contribution is 7.98. The Kier molecular flexibility index (Phi) is 19.3. The summed E-state index contributed by atoms with van der Waals surface area (Å²) in [5, 5.41) is 8.19. The van der Waals surface area contributed by atoms with Gasteiger partial charge in [-0.1, -0.05) is 103 Å². The van der Waals surface area contributed by atoms with Crippen LogP contribution in [0.4, 0.5) is 0 Å². The number of rotatable bonds is 16. The number of methoxy groups -OCH3 is 1. The Hall–Kier alpha value is -1.83. The van der Waals surface area contributed by atoms with Crippen LogP contribution in [0.25, 0.3) is 0 Å². The smallest absolute Gasteiger partial charge is 0.305 e. The van der Waals surface area contributed by atoms with Crippen LogP contribution in [0.15, 0.2) is 22.1 Å². The van der Waals surface area contributed by atoms with E-state index in [0.29, 0.717) is 17.3 Å². The number of nitrogens with zero attached hydrogens (tertiary/aromatic N) is 3. The third-order valence-corrected chi connectivity index (χ3v) is 6.27. The number of aromatic nitrogens is 3. The van der Waals surface area contributed by atoms with Gasteiger partial charge in [-0.3, -0.25) is 9.59 Å². The summed E-state index contributed by atoms with van der Waals surface area (Å²) in [5.41, 5.74) is -0.225. The number of hydrogen-bond acceptors (Lipinski definition) is 7. The molecule has 1 heterocycles. The van der Waals surface area contributed by atoms with Gasteiger partial charge in [-0.25, -0.2) is 0 Å². The second kappa shape index (κ2) is 20.4. The van der Waals surface area contributed by atoms with Crippen molar-refractivity contribution in [2.24, 2.45) is 0 Å². The van der Waals surface area contributed by atoms with Crippen LogP contribution in [0.1, 0.15) is 123 Å². The summed E-state index contributed by atoms with van der Waals surface area (Å²) >= 11 is 1.29. The molecular formula is C27H50N4O3S. The number of carbonyl (C=O) groups excluding carboxylic acids is 1. The molecule has 7 nitrogen and oxygen atoms in total. The maximum atomic E-state index is 11.7. The van der Waals surface area contributed by atoms with Gasteiger partial charge >= 0.3 is 5.97 Å². The van der Waals surface area contributed by atoms with Crippen molar-refractivity contribution in [1.82, 2.24) is 14.9 Å². The number of thioether (sulfide) groups is 1. The minimum Gasteiger partial charge on any atom is -0.469 e. The van der Waals surface area contributed by atoms with Crippen molar-refractivity contribution in [2.75, 3.05) is 19.2 Å². The monoisotopic (exact) mass is 510 g/mol. The molecule has 0 saturated heterocycles. The topological polar surface area (TPSA) is 100 Å². The van der Waals surface area contributed by atoms with E-state index in [1.165, 1.54) is 89.5 Å². The summed E-state index contributed by atoms with van der Waals surface area (Å²) in [6.45, 7) is 7.97. The van der Waals surface area contributed by atoms with E-state index in [9.17, 15) is 9.59 Å². The molecule has 1 rings (SSSR count). The first-order chi connectivity index (χ1) is 16.7. The van der Waals surface area contributed by atoms with Crippen LogP contribution < -0.4 is 11.4 Å². The molecule has 0 amide bonds. The van der Waals surface area contributed by atoms with E-state index in [1.54, 1.807) is 6.26 Å². The summed E-state index contributed by atoms with van der Waals surface area (Å²) in [7, 11) is 1.46. The third kappa shape index (κ3) is 16.5. The predicted octanol–water partition coefficient (Wildman–Crippen LogP) is 6.57. The second-order valence-corrected chi connectivity index (χ2v) is 10.6. The SMILES string of the molecule is CCCCCCCC/C=C\CCCCCCCC(=O)OC.CSc1nnc(C(C)(C)C)c(=O)n1N. The Morgan fingerprint density at radius 3 is 1.94 bits per heavy atom. The summed E-state index contributed by atoms with van der Waals surface area (Å²) in [4.78, 5) is 22.6. The lowest BCUT2D eigenvalue weighted by Crippen LogP contribution is -2.37. The number of hydrogen-bond donors (Lipinski definition) is 1. The van der Waals surface area contributed by atoms with Crippen LogP contribution in [-0.4, -0.2) is 34.2 Å². The summed E-state index contributed by atoms with van der Waals surface area (Å²) in [5.74, 6) is 5.50. The number of esters is 1. The van der Waals surface area contributed by atoms with Crippen LogP contribution >= 0.6 is 11.8 Å². The lowest BCUT2D eigenvalue weighted by atomic mass is 9.93. The highest BCUT2D eigenvalue weighted by atomic mass is 32.2. The van der Waals surface area contributed by atoms with E-state index in [0.717, 1.165) is 17.5 Å². The molecule has 202 valence electrons. The van der Waals surface area contributed by atoms with Gasteiger partial charge in [0.1, 0.15) is 5.69 Å². The number of nitrogens with two attached hydrogens (primary N) is 1. The molecule has 0 spiro atoms. The van der Waals surface area contributed by atoms with Gasteiger partial charge in [0.05, 0.1) is 7.11 Å². The zero-order valence-corrected chi connectivity index (χ0v) is 23.9. The van der Waals surface area contributed by atoms with Crippen molar-refractivity contribution in [3.8, 4) is 0 Å². The van der Waals surface area contributed by atoms with Crippen molar-refractivity contribution in [1.29, 1.82) is 0 Å². The Morgan fingerprint density at radius 2 is 1.46 bits per heavy atom. The predicted molar refractivity (Wildman–Crippen MR) is 148 cm³/mol. The fourth-order valence-electron chi connectivity index (χ4n) is 3.44. The van der Waals surface area contributed by atoms with Gasteiger partial charge in [0.25, 0.3) is 5.56 Å². The van der Waals surface area contributed by atoms with Crippen molar-refractivity contribution in [2.45, 2.75) is 128 Å². The van der Waals surface area contributed by atoms with Crippen LogP contribution in [0.2, 0.25) is 0 Å². The Labute approximate surface area is 217 Å². The van der Waals surface area contributed by atoms with Crippen molar-refractivity contribution in [3.63, 3.8) is 0 Å². The fraction of sp³-hybridized carbons (Fsp3) is 0.778. The molecule has 0 aliphatic carbocycles. The number of ether oxygens (including phenoxy) is 1. The molecule has 0 unspecified atom stereocenters. The van der Waals surface area contributed by atoms with E-state index >= 15 is 0 Å². The minimum absolute atomic E-state index is 0.0763. The maximum Gasteiger partial charge on any atom is 0.305 e. The molecule has 1 aromatic heterocycles. The molecule has 0 bridgehead atoms. The van der Waals surface area contributed by atoms with Gasteiger partial charge in [0, 0.05) is 11.8 Å². The van der Waals surface area contributed by atoms with Crippen LogP contribution in [0.5, 0.6) is 0 Å². The molecule has 35 heavy (non-hydrogen) atoms. The largest absolute Gasteiger partial charge is 0.469 e. The van der Waals surface area contributed by atoms with E-state index in [-0.39, 0.29) is 16.9 Å². The van der Waals surface area contributed by atoms with E-state index in [4.69, 9.17) is 5.84 Å². The van der Waals surface area contributed by atoms with Gasteiger partial charge < -0.3 is 10.6 Å². The molecule has 0 saturated carbocycles. The first-order valence-electron chi connectivity index (χ1n) is 13.2. The third-order valence-electron chi connectivity index (χ3n) is 5.63. The molecule has 0 radical (unpaired) electrons. The summed E-state index contributed by atoms with van der Waals surface area (Å²) in [6, 6.07) is 0. The summed E-state index contributed by atoms with van der Waals surface area (Å²) in [6.07, 6.45) is 23.8. The van der Waals surface area contributed by atoms with Gasteiger partial charge in [-0.05, 0) is 38.4 Å². The lowest BCUT2D eigenvalue weighted by molar-refractivity contribution is -0.140. The summed E-state index contributed by atoms with van der Waals surface area (Å²) < 4.78 is 5.66. The highest BCUT2D eigenvalue weighted by Crippen LogP contribution is 2.16. The van der Waals surface area contributed by atoms with E-state index < -0.39 is 0 Å². The van der Waals surface area contributed by atoms with Crippen LogP contribution in [0, 0.1) is 0 Å². The first-order valence-corrected chi connectivity index (χ1v) is 14.4. The molecule has 0 aromatic carbocycles. The van der Waals surface area contributed by atoms with Gasteiger partial charge in [-0.2, -0.15) is 4.68 Å². The van der Waals surface area contributed by atoms with Crippen molar-refractivity contribution < 1.29 is 9.53 Å². The Bertz CT molecular complexity index is 773. The van der Waals surface area contributed by atoms with E-state index in [2.05, 4.69) is 34.0 Å². The van der Waals surface area contributed by atoms with E-state index in [1.807, 2.05) is 20.8 Å². The van der Waals surface area contributed by atoms with Gasteiger partial charge in [-0.15, -0.1) is 10.2 Å². The average Bonchev–Trinajstić information content (AvgIpc) is 2.82. The highest BCUT2D eigenvalue weighted by Gasteiger charge is 2.22. The number of unbranched alkanes of at least 4 members (excludes halogenated alkanes) is 11. The zero-order chi connectivity index (χ0) is 26.5. The Balaban J connectivity index is 0.000000712. The zero-order valence-electron chi connectivity index (χ0n) is 23.1. The quantitative estimate of drug-likeness (QED) is 0.0882. The first kappa shape index (κ1) is 33.2.